The number of allylic oxidation sites excluding steroid dienone is 1. The quantitative estimate of drug-likeness (QED) is 0.823. The molecule has 26 heavy (non-hydrogen) atoms. The molecule has 3 saturated carbocycles. The number of Topliss-reactive ketones (excluding diaryl/α,β-unsaturated/α-hetero) is 1. The number of aliphatic hydroxyl groups is 1. The molecule has 5 heteroatoms. The second-order valence-electron chi connectivity index (χ2n) is 9.19. The molecule has 0 aromatic carbocycles. The zero-order valence-corrected chi connectivity index (χ0v) is 15.3. The van der Waals surface area contributed by atoms with Crippen molar-refractivity contribution < 1.29 is 23.5 Å². The minimum Gasteiger partial charge on any atom is -0.389 e. The fourth-order valence-corrected chi connectivity index (χ4v) is 7.32. The molecule has 4 aliphatic rings. The zero-order chi connectivity index (χ0) is 18.7. The highest BCUT2D eigenvalue weighted by Gasteiger charge is 2.63. The van der Waals surface area contributed by atoms with Gasteiger partial charge in [-0.1, -0.05) is 12.5 Å². The van der Waals surface area contributed by atoms with Gasteiger partial charge in [0.2, 0.25) is 6.43 Å². The van der Waals surface area contributed by atoms with Crippen molar-refractivity contribution in [2.75, 3.05) is 6.61 Å². The van der Waals surface area contributed by atoms with Crippen LogP contribution in [0.25, 0.3) is 0 Å². The highest BCUT2D eigenvalue weighted by atomic mass is 19.3. The first-order valence-corrected chi connectivity index (χ1v) is 10.00. The topological polar surface area (TPSA) is 54.4 Å². The molecule has 0 radical (unpaired) electrons. The highest BCUT2D eigenvalue weighted by Crippen LogP contribution is 2.67. The van der Waals surface area contributed by atoms with Gasteiger partial charge in [0, 0.05) is 12.3 Å². The Hall–Kier alpha value is -1.10. The van der Waals surface area contributed by atoms with Crippen molar-refractivity contribution in [3.8, 4) is 0 Å². The van der Waals surface area contributed by atoms with E-state index in [2.05, 4.69) is 6.92 Å². The van der Waals surface area contributed by atoms with Gasteiger partial charge in [0.05, 0.1) is 5.41 Å². The summed E-state index contributed by atoms with van der Waals surface area (Å²) in [5.74, 6) is 0.158. The Balaban J connectivity index is 1.70. The Kier molecular flexibility index (Phi) is 4.37. The van der Waals surface area contributed by atoms with Gasteiger partial charge in [-0.05, 0) is 74.2 Å². The van der Waals surface area contributed by atoms with E-state index in [-0.39, 0.29) is 53.5 Å². The highest BCUT2D eigenvalue weighted by molar-refractivity contribution is 5.91. The number of rotatable bonds is 3. The minimum absolute atomic E-state index is 0.00940. The summed E-state index contributed by atoms with van der Waals surface area (Å²) in [7, 11) is 0. The lowest BCUT2D eigenvalue weighted by atomic mass is 9.46. The molecule has 0 amide bonds. The van der Waals surface area contributed by atoms with Gasteiger partial charge in [-0.2, -0.15) is 0 Å². The molecule has 6 atom stereocenters. The number of ketones is 2. The van der Waals surface area contributed by atoms with Gasteiger partial charge >= 0.3 is 0 Å². The molecule has 0 bridgehead atoms. The van der Waals surface area contributed by atoms with Crippen LogP contribution in [0.5, 0.6) is 0 Å². The van der Waals surface area contributed by atoms with Crippen molar-refractivity contribution in [2.24, 2.45) is 34.5 Å². The molecule has 1 N–H and O–H groups in total. The van der Waals surface area contributed by atoms with Gasteiger partial charge in [0.15, 0.2) is 11.6 Å². The third-order valence-electron chi connectivity index (χ3n) is 8.50. The monoisotopic (exact) mass is 366 g/mol. The lowest BCUT2D eigenvalue weighted by Gasteiger charge is -2.58. The van der Waals surface area contributed by atoms with Crippen LogP contribution in [0.1, 0.15) is 58.3 Å². The molecule has 0 unspecified atom stereocenters. The van der Waals surface area contributed by atoms with Crippen LogP contribution in [0.15, 0.2) is 11.6 Å². The maximum Gasteiger partial charge on any atom is 0.248 e. The molecule has 0 spiro atoms. The van der Waals surface area contributed by atoms with E-state index in [1.165, 1.54) is 6.08 Å². The first-order valence-electron chi connectivity index (χ1n) is 10.00. The number of halogens is 2. The maximum atomic E-state index is 14.4. The molecule has 3 fully saturated rings. The smallest absolute Gasteiger partial charge is 0.248 e. The van der Waals surface area contributed by atoms with Crippen LogP contribution in [-0.2, 0) is 9.59 Å². The van der Waals surface area contributed by atoms with E-state index in [0.717, 1.165) is 25.7 Å². The Morgan fingerprint density at radius 2 is 1.96 bits per heavy atom. The van der Waals surface area contributed by atoms with Crippen LogP contribution in [-0.4, -0.2) is 29.7 Å². The van der Waals surface area contributed by atoms with E-state index in [0.29, 0.717) is 18.4 Å². The van der Waals surface area contributed by atoms with Crippen molar-refractivity contribution >= 4 is 11.6 Å². The Labute approximate surface area is 153 Å². The summed E-state index contributed by atoms with van der Waals surface area (Å²) < 4.78 is 28.8. The third-order valence-corrected chi connectivity index (χ3v) is 8.50. The zero-order valence-electron chi connectivity index (χ0n) is 15.3. The first kappa shape index (κ1) is 18.3. The van der Waals surface area contributed by atoms with Crippen LogP contribution in [0.2, 0.25) is 0 Å². The average Bonchev–Trinajstić information content (AvgIpc) is 2.97. The number of carbonyl (C=O) groups excluding carboxylic acids is 2. The van der Waals surface area contributed by atoms with Gasteiger partial charge in [0.1, 0.15) is 6.61 Å². The molecule has 0 aromatic heterocycles. The van der Waals surface area contributed by atoms with Crippen molar-refractivity contribution in [2.45, 2.75) is 64.7 Å². The molecule has 0 saturated heterocycles. The summed E-state index contributed by atoms with van der Waals surface area (Å²) in [5.41, 5.74) is -0.609. The number of hydrogen-bond acceptors (Lipinski definition) is 3. The van der Waals surface area contributed by atoms with Crippen LogP contribution in [0.4, 0.5) is 8.78 Å². The van der Waals surface area contributed by atoms with E-state index in [1.54, 1.807) is 0 Å². The second kappa shape index (κ2) is 6.22. The SMILES string of the molecule is C[C@]12CC[C@H]3[C@@H](CCC4=CC(=O)CC[C@@]43C(F)F)[C@@H]1CC[C@@H]2C(=O)CO. The van der Waals surface area contributed by atoms with Crippen molar-refractivity contribution in [3.05, 3.63) is 11.6 Å². The van der Waals surface area contributed by atoms with E-state index in [4.69, 9.17) is 0 Å². The lowest BCUT2D eigenvalue weighted by Crippen LogP contribution is -2.54. The Bertz CT molecular complexity index is 658. The predicted molar refractivity (Wildman–Crippen MR) is 92.6 cm³/mol. The van der Waals surface area contributed by atoms with E-state index in [1.807, 2.05) is 0 Å². The summed E-state index contributed by atoms with van der Waals surface area (Å²) in [5, 5.41) is 9.34. The third kappa shape index (κ3) is 2.31. The van der Waals surface area contributed by atoms with E-state index >= 15 is 0 Å². The fraction of sp³-hybridized carbons (Fsp3) is 0.810. The molecule has 0 heterocycles. The molecular formula is C21H28F2O3. The van der Waals surface area contributed by atoms with Crippen LogP contribution in [0.3, 0.4) is 0 Å². The number of aliphatic hydroxyl groups excluding tert-OH is 1. The standard InChI is InChI=1S/C21H28F2O3/c1-20-8-7-16-14(15(20)4-5-17(20)18(26)11-24)3-2-12-10-13(25)6-9-21(12,16)19(22)23/h10,14-17,19,24H,2-9,11H2,1H3/t14-,15-,16-,17+,20-,21+/m0/s1. The van der Waals surface area contributed by atoms with Gasteiger partial charge < -0.3 is 5.11 Å². The molecular weight excluding hydrogens is 338 g/mol. The summed E-state index contributed by atoms with van der Waals surface area (Å²) in [6.45, 7) is 1.72. The Morgan fingerprint density at radius 3 is 2.65 bits per heavy atom. The van der Waals surface area contributed by atoms with E-state index in [9.17, 15) is 23.5 Å². The molecule has 0 aromatic rings. The van der Waals surface area contributed by atoms with Crippen molar-refractivity contribution in [1.82, 2.24) is 0 Å². The number of hydrogen-bond donors (Lipinski definition) is 1. The van der Waals surface area contributed by atoms with Gasteiger partial charge in [-0.25, -0.2) is 8.78 Å². The fourth-order valence-electron chi connectivity index (χ4n) is 7.32. The number of fused-ring (bicyclic) bond motifs is 5. The molecule has 3 nitrogen and oxygen atoms in total. The Morgan fingerprint density at radius 1 is 1.19 bits per heavy atom. The normalized spacial score (nSPS) is 45.0. The van der Waals surface area contributed by atoms with Crippen molar-refractivity contribution in [3.63, 3.8) is 0 Å². The van der Waals surface area contributed by atoms with Crippen LogP contribution >= 0.6 is 0 Å². The molecule has 4 rings (SSSR count). The second-order valence-corrected chi connectivity index (χ2v) is 9.19. The number of alkyl halides is 2. The van der Waals surface area contributed by atoms with Crippen LogP contribution in [0, 0.1) is 34.5 Å². The predicted octanol–water partition coefficient (Wildman–Crippen LogP) is 3.94. The van der Waals surface area contributed by atoms with Gasteiger partial charge in [-0.15, -0.1) is 0 Å². The summed E-state index contributed by atoms with van der Waals surface area (Å²) in [4.78, 5) is 24.1. The van der Waals surface area contributed by atoms with E-state index < -0.39 is 18.4 Å². The maximum absolute atomic E-state index is 14.4. The molecule has 4 aliphatic carbocycles. The molecule has 144 valence electrons. The van der Waals surface area contributed by atoms with Crippen LogP contribution < -0.4 is 0 Å². The lowest BCUT2D eigenvalue weighted by molar-refractivity contribution is -0.140. The van der Waals surface area contributed by atoms with Gasteiger partial charge in [-0.3, -0.25) is 9.59 Å². The van der Waals surface area contributed by atoms with Gasteiger partial charge in [0.25, 0.3) is 0 Å². The van der Waals surface area contributed by atoms with Crippen molar-refractivity contribution in [1.29, 1.82) is 0 Å². The summed E-state index contributed by atoms with van der Waals surface area (Å²) in [6.07, 6.45) is 4.15. The minimum atomic E-state index is -2.43. The largest absolute Gasteiger partial charge is 0.389 e. The summed E-state index contributed by atoms with van der Waals surface area (Å²) in [6, 6.07) is 0. The first-order chi connectivity index (χ1) is 12.3. The number of carbonyl (C=O) groups is 2. The summed E-state index contributed by atoms with van der Waals surface area (Å²) >= 11 is 0. The average molecular weight is 366 g/mol. The molecule has 0 aliphatic heterocycles.